The van der Waals surface area contributed by atoms with Gasteiger partial charge in [-0.05, 0) is 24.3 Å². The van der Waals surface area contributed by atoms with Crippen molar-refractivity contribution in [3.05, 3.63) is 41.2 Å². The summed E-state index contributed by atoms with van der Waals surface area (Å²) >= 11 is 5.68. The summed E-state index contributed by atoms with van der Waals surface area (Å²) in [7, 11) is 1.46. The summed E-state index contributed by atoms with van der Waals surface area (Å²) in [5.74, 6) is 0.168. The van der Waals surface area contributed by atoms with Crippen LogP contribution in [0.4, 0.5) is 21.6 Å². The van der Waals surface area contributed by atoms with E-state index in [4.69, 9.17) is 22.1 Å². The fourth-order valence-electron chi connectivity index (χ4n) is 1.42. The van der Waals surface area contributed by atoms with Gasteiger partial charge in [-0.1, -0.05) is 17.7 Å². The lowest BCUT2D eigenvalue weighted by Crippen LogP contribution is -2.00. The normalized spacial score (nSPS) is 10.2. The highest BCUT2D eigenvalue weighted by atomic mass is 35.5. The number of nitrogens with one attached hydrogen (secondary N) is 1. The molecule has 0 saturated heterocycles. The fourth-order valence-corrected chi connectivity index (χ4v) is 1.60. The highest BCUT2D eigenvalue weighted by Crippen LogP contribution is 2.26. The maximum atomic E-state index is 13.7. The summed E-state index contributed by atoms with van der Waals surface area (Å²) < 4.78 is 18.7. The Morgan fingerprint density at radius 1 is 1.33 bits per heavy atom. The van der Waals surface area contributed by atoms with E-state index in [1.54, 1.807) is 24.3 Å². The lowest BCUT2D eigenvalue weighted by molar-refractivity contribution is 0.401. The largest absolute Gasteiger partial charge is 0.479 e. The summed E-state index contributed by atoms with van der Waals surface area (Å²) in [5.41, 5.74) is 6.29. The van der Waals surface area contributed by atoms with E-state index in [0.29, 0.717) is 11.5 Å². The molecule has 2 aromatic rings. The third-order valence-corrected chi connectivity index (χ3v) is 2.59. The molecule has 18 heavy (non-hydrogen) atoms. The van der Waals surface area contributed by atoms with E-state index >= 15 is 0 Å². The van der Waals surface area contributed by atoms with E-state index in [1.165, 1.54) is 13.2 Å². The summed E-state index contributed by atoms with van der Waals surface area (Å²) in [6, 6.07) is 7.92. The van der Waals surface area contributed by atoms with Gasteiger partial charge in [0.1, 0.15) is 5.82 Å². The molecule has 0 atom stereocenters. The van der Waals surface area contributed by atoms with Gasteiger partial charge in [0.2, 0.25) is 5.88 Å². The molecule has 1 aromatic carbocycles. The van der Waals surface area contributed by atoms with E-state index in [2.05, 4.69) is 10.3 Å². The van der Waals surface area contributed by atoms with Gasteiger partial charge >= 0.3 is 0 Å². The Morgan fingerprint density at radius 2 is 2.11 bits per heavy atom. The quantitative estimate of drug-likeness (QED) is 0.896. The summed E-state index contributed by atoms with van der Waals surface area (Å²) in [4.78, 5) is 4.09. The van der Waals surface area contributed by atoms with Gasteiger partial charge in [-0.2, -0.15) is 4.98 Å². The van der Waals surface area contributed by atoms with Gasteiger partial charge in [0, 0.05) is 0 Å². The number of hydrogen-bond acceptors (Lipinski definition) is 4. The first-order valence-corrected chi connectivity index (χ1v) is 5.51. The van der Waals surface area contributed by atoms with Gasteiger partial charge in [-0.25, -0.2) is 4.39 Å². The molecular weight excluding hydrogens is 257 g/mol. The molecule has 2 rings (SSSR count). The molecule has 0 unspecified atom stereocenters. The number of aromatic nitrogens is 1. The molecule has 0 bridgehead atoms. The first-order chi connectivity index (χ1) is 8.61. The molecule has 0 amide bonds. The number of nitrogens with zero attached hydrogens (tertiary/aromatic N) is 1. The Labute approximate surface area is 109 Å². The standard InChI is InChI=1S/C12H11ClFN3O/c1-18-12-8(15)5-6-10(17-12)16-9-4-2-3-7(13)11(9)14/h2-6H,15H2,1H3,(H,16,17). The van der Waals surface area contributed by atoms with Crippen molar-refractivity contribution >= 4 is 28.8 Å². The summed E-state index contributed by atoms with van der Waals surface area (Å²) in [5, 5.41) is 2.85. The molecule has 0 aliphatic carbocycles. The molecule has 3 N–H and O–H groups in total. The number of nitrogen functional groups attached to an aromatic ring is 1. The molecule has 1 aromatic heterocycles. The minimum atomic E-state index is -0.531. The molecule has 4 nitrogen and oxygen atoms in total. The van der Waals surface area contributed by atoms with Gasteiger partial charge in [-0.15, -0.1) is 0 Å². The van der Waals surface area contributed by atoms with E-state index in [0.717, 1.165) is 0 Å². The number of pyridine rings is 1. The second-order valence-corrected chi connectivity index (χ2v) is 3.93. The van der Waals surface area contributed by atoms with E-state index in [1.807, 2.05) is 0 Å². The predicted octanol–water partition coefficient (Wildman–Crippen LogP) is 3.21. The molecule has 0 spiro atoms. The molecule has 0 aliphatic rings. The lowest BCUT2D eigenvalue weighted by atomic mass is 10.3. The van der Waals surface area contributed by atoms with Gasteiger partial charge in [0.05, 0.1) is 23.5 Å². The van der Waals surface area contributed by atoms with Crippen molar-refractivity contribution in [1.82, 2.24) is 4.98 Å². The van der Waals surface area contributed by atoms with Crippen LogP contribution in [0.15, 0.2) is 30.3 Å². The Bertz CT molecular complexity index is 577. The van der Waals surface area contributed by atoms with E-state index in [-0.39, 0.29) is 16.6 Å². The number of ether oxygens (including phenoxy) is 1. The highest BCUT2D eigenvalue weighted by molar-refractivity contribution is 6.31. The summed E-state index contributed by atoms with van der Waals surface area (Å²) in [6.07, 6.45) is 0. The smallest absolute Gasteiger partial charge is 0.238 e. The summed E-state index contributed by atoms with van der Waals surface area (Å²) in [6.45, 7) is 0. The molecule has 0 fully saturated rings. The second-order valence-electron chi connectivity index (χ2n) is 3.52. The first kappa shape index (κ1) is 12.4. The number of rotatable bonds is 3. The van der Waals surface area contributed by atoms with Crippen molar-refractivity contribution in [2.45, 2.75) is 0 Å². The van der Waals surface area contributed by atoms with Gasteiger partial charge in [-0.3, -0.25) is 0 Å². The number of methoxy groups -OCH3 is 1. The van der Waals surface area contributed by atoms with Crippen LogP contribution in [0.3, 0.4) is 0 Å². The van der Waals surface area contributed by atoms with Crippen LogP contribution in [-0.2, 0) is 0 Å². The van der Waals surface area contributed by atoms with E-state index in [9.17, 15) is 4.39 Å². The average molecular weight is 268 g/mol. The molecule has 0 aliphatic heterocycles. The maximum Gasteiger partial charge on any atom is 0.238 e. The fraction of sp³-hybridized carbons (Fsp3) is 0.0833. The average Bonchev–Trinajstić information content (AvgIpc) is 2.37. The molecule has 94 valence electrons. The van der Waals surface area contributed by atoms with Crippen LogP contribution in [0, 0.1) is 5.82 Å². The number of benzene rings is 1. The Hall–Kier alpha value is -2.01. The SMILES string of the molecule is COc1nc(Nc2cccc(Cl)c2F)ccc1N. The lowest BCUT2D eigenvalue weighted by Gasteiger charge is -2.09. The molecule has 1 heterocycles. The topological polar surface area (TPSA) is 60.2 Å². The second kappa shape index (κ2) is 5.10. The monoisotopic (exact) mass is 267 g/mol. The number of halogens is 2. The van der Waals surface area contributed by atoms with Gasteiger partial charge in [0.15, 0.2) is 5.82 Å². The zero-order valence-electron chi connectivity index (χ0n) is 9.58. The Kier molecular flexibility index (Phi) is 3.53. The molecule has 0 saturated carbocycles. The predicted molar refractivity (Wildman–Crippen MR) is 69.9 cm³/mol. The van der Waals surface area contributed by atoms with Crippen LogP contribution in [-0.4, -0.2) is 12.1 Å². The van der Waals surface area contributed by atoms with Crippen LogP contribution < -0.4 is 15.8 Å². The van der Waals surface area contributed by atoms with Crippen molar-refractivity contribution in [2.24, 2.45) is 0 Å². The number of anilines is 3. The Morgan fingerprint density at radius 3 is 2.83 bits per heavy atom. The zero-order valence-corrected chi connectivity index (χ0v) is 10.3. The van der Waals surface area contributed by atoms with E-state index < -0.39 is 5.82 Å². The van der Waals surface area contributed by atoms with Gasteiger partial charge in [0.25, 0.3) is 0 Å². The Balaban J connectivity index is 2.31. The minimum absolute atomic E-state index is 0.0439. The minimum Gasteiger partial charge on any atom is -0.479 e. The van der Waals surface area contributed by atoms with Crippen molar-refractivity contribution in [1.29, 1.82) is 0 Å². The van der Waals surface area contributed by atoms with Crippen LogP contribution in [0.25, 0.3) is 0 Å². The van der Waals surface area contributed by atoms with Crippen molar-refractivity contribution in [2.75, 3.05) is 18.2 Å². The van der Waals surface area contributed by atoms with Crippen molar-refractivity contribution in [3.8, 4) is 5.88 Å². The molecule has 6 heteroatoms. The number of nitrogens with two attached hydrogens (primary N) is 1. The number of hydrogen-bond donors (Lipinski definition) is 2. The molecule has 0 radical (unpaired) electrons. The van der Waals surface area contributed by atoms with Crippen LogP contribution in [0.5, 0.6) is 5.88 Å². The van der Waals surface area contributed by atoms with Crippen LogP contribution in [0.1, 0.15) is 0 Å². The van der Waals surface area contributed by atoms with Crippen LogP contribution in [0.2, 0.25) is 5.02 Å². The molecular formula is C12H11ClFN3O. The van der Waals surface area contributed by atoms with Gasteiger partial charge < -0.3 is 15.8 Å². The maximum absolute atomic E-state index is 13.7. The zero-order chi connectivity index (χ0) is 13.1. The van der Waals surface area contributed by atoms with Crippen molar-refractivity contribution < 1.29 is 9.13 Å². The van der Waals surface area contributed by atoms with Crippen molar-refractivity contribution in [3.63, 3.8) is 0 Å². The third kappa shape index (κ3) is 2.46. The highest BCUT2D eigenvalue weighted by Gasteiger charge is 2.08. The third-order valence-electron chi connectivity index (χ3n) is 2.30. The first-order valence-electron chi connectivity index (χ1n) is 5.13. The van der Waals surface area contributed by atoms with Crippen LogP contribution >= 0.6 is 11.6 Å².